The third-order valence-electron chi connectivity index (χ3n) is 1.06. The fourth-order valence-corrected chi connectivity index (χ4v) is 0.686. The lowest BCUT2D eigenvalue weighted by Gasteiger charge is -1.83. The van der Waals surface area contributed by atoms with Crippen molar-refractivity contribution >= 4 is 0 Å². The maximum Gasteiger partial charge on any atom is 0.184 e. The molecule has 8 heteroatoms. The number of aryl methyl sites for hydroxylation is 1. The molecular weight excluding hydrogens is 178 g/mol. The summed E-state index contributed by atoms with van der Waals surface area (Å²) in [7, 11) is 0. The summed E-state index contributed by atoms with van der Waals surface area (Å²) in [4.78, 5) is 9.55. The first-order valence-electron chi connectivity index (χ1n) is 3.58. The highest BCUT2D eigenvalue weighted by Gasteiger charge is 1.98. The van der Waals surface area contributed by atoms with Crippen LogP contribution >= 0.6 is 0 Å². The lowest BCUT2D eigenvalue weighted by molar-refractivity contribution is -0.702. The van der Waals surface area contributed by atoms with E-state index in [0.717, 1.165) is 13.0 Å². The zero-order valence-electron chi connectivity index (χ0n) is 7.16. The van der Waals surface area contributed by atoms with Crippen LogP contribution in [0.1, 0.15) is 13.3 Å². The van der Waals surface area contributed by atoms with Gasteiger partial charge in [-0.3, -0.25) is 0 Å². The molecule has 74 valence electrons. The van der Waals surface area contributed by atoms with Gasteiger partial charge in [0.05, 0.1) is 5.09 Å². The average molecular weight is 189 g/mol. The standard InChI is InChI=1S/C5H11N4.NO3/c1-2-3-8-4-5-9(6)7-8;2-1(3)4/h4-5H,2-3H2,1H3,(H2,6,7);/q+1;-1. The monoisotopic (exact) mass is 189 g/mol. The molecule has 0 radical (unpaired) electrons. The molecule has 1 aromatic heterocycles. The van der Waals surface area contributed by atoms with E-state index in [0.29, 0.717) is 0 Å². The third-order valence-corrected chi connectivity index (χ3v) is 1.06. The third kappa shape index (κ3) is 6.53. The molecule has 0 aliphatic rings. The van der Waals surface area contributed by atoms with E-state index in [2.05, 4.69) is 12.1 Å². The van der Waals surface area contributed by atoms with Gasteiger partial charge in [-0.25, -0.2) is 5.84 Å². The highest BCUT2D eigenvalue weighted by atomic mass is 16.9. The minimum atomic E-state index is -1.75. The van der Waals surface area contributed by atoms with Gasteiger partial charge in [-0.15, -0.1) is 4.68 Å². The van der Waals surface area contributed by atoms with Crippen molar-refractivity contribution in [1.29, 1.82) is 0 Å². The number of hydrogen-bond donors (Lipinski definition) is 1. The van der Waals surface area contributed by atoms with E-state index in [4.69, 9.17) is 21.2 Å². The normalized spacial score (nSPS) is 8.69. The Kier molecular flexibility index (Phi) is 4.93. The smallest absolute Gasteiger partial charge is 0.184 e. The van der Waals surface area contributed by atoms with Gasteiger partial charge in [-0.1, -0.05) is 6.92 Å². The van der Waals surface area contributed by atoms with E-state index in [9.17, 15) is 0 Å². The van der Waals surface area contributed by atoms with Crippen molar-refractivity contribution < 1.29 is 9.88 Å². The molecule has 0 aliphatic heterocycles. The summed E-state index contributed by atoms with van der Waals surface area (Å²) in [5.74, 6) is 5.29. The van der Waals surface area contributed by atoms with Crippen molar-refractivity contribution in [2.45, 2.75) is 19.9 Å². The van der Waals surface area contributed by atoms with Crippen molar-refractivity contribution in [1.82, 2.24) is 9.90 Å². The van der Waals surface area contributed by atoms with Crippen LogP contribution in [0.15, 0.2) is 12.4 Å². The highest BCUT2D eigenvalue weighted by molar-refractivity contribution is 4.56. The SMILES string of the molecule is CCCn1cc[n+](N)n1.O=[N+]([O-])[O-]. The number of nitrogens with zero attached hydrogens (tertiary/aromatic N) is 4. The van der Waals surface area contributed by atoms with Gasteiger partial charge in [0.2, 0.25) is 0 Å². The van der Waals surface area contributed by atoms with Gasteiger partial charge >= 0.3 is 0 Å². The molecule has 8 nitrogen and oxygen atoms in total. The summed E-state index contributed by atoms with van der Waals surface area (Å²) in [6.07, 6.45) is 4.65. The van der Waals surface area contributed by atoms with Crippen LogP contribution in [-0.4, -0.2) is 15.0 Å². The van der Waals surface area contributed by atoms with Crippen LogP contribution in [0.5, 0.6) is 0 Å². The molecule has 0 saturated carbocycles. The van der Waals surface area contributed by atoms with Gasteiger partial charge in [0.25, 0.3) is 0 Å². The number of hydrogen-bond acceptors (Lipinski definition) is 5. The van der Waals surface area contributed by atoms with E-state index in [-0.39, 0.29) is 0 Å². The van der Waals surface area contributed by atoms with Crippen LogP contribution in [0.25, 0.3) is 0 Å². The van der Waals surface area contributed by atoms with Crippen LogP contribution < -0.4 is 10.6 Å². The minimum absolute atomic E-state index is 0.935. The lowest BCUT2D eigenvalue weighted by Crippen LogP contribution is -2.46. The van der Waals surface area contributed by atoms with E-state index in [1.54, 1.807) is 10.9 Å². The predicted molar refractivity (Wildman–Crippen MR) is 43.2 cm³/mol. The van der Waals surface area contributed by atoms with E-state index in [1.807, 2.05) is 6.20 Å². The Morgan fingerprint density at radius 1 is 1.69 bits per heavy atom. The lowest BCUT2D eigenvalue weighted by atomic mass is 10.5. The quantitative estimate of drug-likeness (QED) is 0.279. The molecule has 0 aromatic carbocycles. The first-order valence-corrected chi connectivity index (χ1v) is 3.58. The first-order chi connectivity index (χ1) is 6.06. The molecule has 1 aromatic rings. The Morgan fingerprint density at radius 3 is 2.54 bits per heavy atom. The summed E-state index contributed by atoms with van der Waals surface area (Å²) in [5, 5.41) is 18.7. The van der Waals surface area contributed by atoms with Gasteiger partial charge in [0.15, 0.2) is 12.4 Å². The molecule has 1 rings (SSSR count). The summed E-state index contributed by atoms with van der Waals surface area (Å²) >= 11 is 0. The molecule has 0 bridgehead atoms. The second-order valence-electron chi connectivity index (χ2n) is 2.15. The van der Waals surface area contributed by atoms with Crippen LogP contribution in [0.2, 0.25) is 0 Å². The van der Waals surface area contributed by atoms with Crippen molar-refractivity contribution in [3.8, 4) is 0 Å². The van der Waals surface area contributed by atoms with Crippen LogP contribution in [0.3, 0.4) is 0 Å². The average Bonchev–Trinajstić information content (AvgIpc) is 2.35. The molecule has 0 aliphatic carbocycles. The Bertz CT molecular complexity index is 256. The van der Waals surface area contributed by atoms with Crippen LogP contribution in [0, 0.1) is 15.3 Å². The molecule has 1 heterocycles. The van der Waals surface area contributed by atoms with E-state index >= 15 is 0 Å². The number of nitrogens with two attached hydrogens (primary N) is 1. The largest absolute Gasteiger partial charge is 0.356 e. The maximum absolute atomic E-state index is 8.25. The van der Waals surface area contributed by atoms with Crippen molar-refractivity contribution in [2.75, 3.05) is 5.84 Å². The van der Waals surface area contributed by atoms with Crippen molar-refractivity contribution in [2.24, 2.45) is 0 Å². The second kappa shape index (κ2) is 5.75. The summed E-state index contributed by atoms with van der Waals surface area (Å²) in [6, 6.07) is 0. The van der Waals surface area contributed by atoms with Gasteiger partial charge in [-0.2, -0.15) is 0 Å². The molecule has 0 unspecified atom stereocenters. The molecule has 0 atom stereocenters. The Labute approximate surface area is 74.2 Å². The molecule has 2 N–H and O–H groups in total. The Hall–Kier alpha value is -1.86. The second-order valence-corrected chi connectivity index (χ2v) is 2.15. The minimum Gasteiger partial charge on any atom is -0.356 e. The first kappa shape index (κ1) is 11.1. The molecular formula is C5H11N5O3. The van der Waals surface area contributed by atoms with Crippen LogP contribution in [0.4, 0.5) is 0 Å². The predicted octanol–water partition coefficient (Wildman–Crippen LogP) is -0.945. The zero-order chi connectivity index (χ0) is 10.3. The van der Waals surface area contributed by atoms with Crippen LogP contribution in [-0.2, 0) is 6.54 Å². The number of aromatic nitrogens is 3. The molecule has 13 heavy (non-hydrogen) atoms. The van der Waals surface area contributed by atoms with E-state index in [1.165, 1.54) is 4.79 Å². The fraction of sp³-hybridized carbons (Fsp3) is 0.600. The maximum atomic E-state index is 8.25. The van der Waals surface area contributed by atoms with Crippen molar-refractivity contribution in [3.63, 3.8) is 0 Å². The molecule has 0 saturated heterocycles. The number of rotatable bonds is 2. The van der Waals surface area contributed by atoms with E-state index < -0.39 is 5.09 Å². The number of nitrogen functional groups attached to an aromatic ring is 1. The van der Waals surface area contributed by atoms with Gasteiger partial charge < -0.3 is 15.3 Å². The summed E-state index contributed by atoms with van der Waals surface area (Å²) in [5.41, 5.74) is 0. The Balaban J connectivity index is 0.000000310. The molecule has 0 spiro atoms. The van der Waals surface area contributed by atoms with Crippen molar-refractivity contribution in [3.05, 3.63) is 27.7 Å². The molecule has 0 fully saturated rings. The molecule has 0 amide bonds. The van der Waals surface area contributed by atoms with Gasteiger partial charge in [-0.05, 0) is 11.2 Å². The highest BCUT2D eigenvalue weighted by Crippen LogP contribution is 1.81. The van der Waals surface area contributed by atoms with Gasteiger partial charge in [0, 0.05) is 0 Å². The topological polar surface area (TPSA) is 114 Å². The Morgan fingerprint density at radius 2 is 2.23 bits per heavy atom. The summed E-state index contributed by atoms with van der Waals surface area (Å²) in [6.45, 7) is 3.03. The fourth-order valence-electron chi connectivity index (χ4n) is 0.686. The van der Waals surface area contributed by atoms with Gasteiger partial charge in [0.1, 0.15) is 11.8 Å². The summed E-state index contributed by atoms with van der Waals surface area (Å²) < 4.78 is 1.81. The zero-order valence-corrected chi connectivity index (χ0v) is 7.16.